The number of carboxylic acid groups (broad SMARTS) is 2. The summed E-state index contributed by atoms with van der Waals surface area (Å²) in [5, 5.41) is 16.7. The molecule has 7 heteroatoms. The summed E-state index contributed by atoms with van der Waals surface area (Å²) < 4.78 is 0. The van der Waals surface area contributed by atoms with Crippen LogP contribution in [0.2, 0.25) is 0 Å². The molecule has 0 amide bonds. The summed E-state index contributed by atoms with van der Waals surface area (Å²) in [6.07, 6.45) is -0.246. The largest absolute Gasteiger partial charge is 0.481 e. The van der Waals surface area contributed by atoms with E-state index in [4.69, 9.17) is 31.6 Å². The van der Waals surface area contributed by atoms with E-state index in [1.54, 1.807) is 0 Å². The van der Waals surface area contributed by atoms with Gasteiger partial charge in [0.25, 0.3) is 0 Å². The number of aliphatic carboxylic acids is 2. The predicted octanol–water partition coefficient (Wildman–Crippen LogP) is 2.05. The third kappa shape index (κ3) is 8.21. The Morgan fingerprint density at radius 1 is 1.00 bits per heavy atom. The molecule has 2 N–H and O–H groups in total. The molecule has 0 unspecified atom stereocenters. The second-order valence-electron chi connectivity index (χ2n) is 2.39. The first-order valence-electron chi connectivity index (χ1n) is 3.45. The van der Waals surface area contributed by atoms with Crippen molar-refractivity contribution in [3.8, 4) is 0 Å². The molecule has 0 saturated heterocycles. The standard InChI is InChI=1S/C6H10Cl2O4S/c7-13(8,3-1-5(9)10)4-2-6(11)12/h1-4H2,(H,9,10)(H,11,12). The van der Waals surface area contributed by atoms with Crippen LogP contribution < -0.4 is 0 Å². The lowest BCUT2D eigenvalue weighted by molar-refractivity contribution is -0.137. The molecule has 13 heavy (non-hydrogen) atoms. The smallest absolute Gasteiger partial charge is 0.304 e. The summed E-state index contributed by atoms with van der Waals surface area (Å²) in [5.74, 6) is -1.68. The maximum Gasteiger partial charge on any atom is 0.304 e. The Hall–Kier alpha value is -0.130. The van der Waals surface area contributed by atoms with Crippen LogP contribution in [0.5, 0.6) is 0 Å². The van der Waals surface area contributed by atoms with Crippen LogP contribution >= 0.6 is 29.8 Å². The Morgan fingerprint density at radius 2 is 1.31 bits per heavy atom. The first kappa shape index (κ1) is 12.9. The van der Waals surface area contributed by atoms with Crippen molar-refractivity contribution in [2.75, 3.05) is 11.5 Å². The minimum atomic E-state index is -2.09. The van der Waals surface area contributed by atoms with E-state index in [1.807, 2.05) is 0 Å². The highest BCUT2D eigenvalue weighted by Crippen LogP contribution is 2.58. The molecule has 4 nitrogen and oxygen atoms in total. The van der Waals surface area contributed by atoms with Crippen molar-refractivity contribution < 1.29 is 19.8 Å². The van der Waals surface area contributed by atoms with Crippen LogP contribution in [0.15, 0.2) is 0 Å². The number of hydrogen-bond donors (Lipinski definition) is 2. The average Bonchev–Trinajstić information content (AvgIpc) is 1.98. The minimum absolute atomic E-state index is 0.123. The highest BCUT2D eigenvalue weighted by molar-refractivity contribution is 8.65. The normalized spacial score (nSPS) is 12.5. The topological polar surface area (TPSA) is 74.6 Å². The van der Waals surface area contributed by atoms with E-state index in [9.17, 15) is 9.59 Å². The zero-order valence-corrected chi connectivity index (χ0v) is 9.03. The van der Waals surface area contributed by atoms with Gasteiger partial charge in [-0.1, -0.05) is 29.8 Å². The molecule has 0 aliphatic heterocycles. The molecule has 0 rings (SSSR count). The molecule has 0 radical (unpaired) electrons. The minimum Gasteiger partial charge on any atom is -0.481 e. The third-order valence-electron chi connectivity index (χ3n) is 1.23. The maximum absolute atomic E-state index is 10.2. The summed E-state index contributed by atoms with van der Waals surface area (Å²) in [4.78, 5) is 20.3. The second-order valence-corrected chi connectivity index (χ2v) is 8.63. The van der Waals surface area contributed by atoms with Gasteiger partial charge in [0.05, 0.1) is 12.8 Å². The lowest BCUT2D eigenvalue weighted by Crippen LogP contribution is -2.06. The van der Waals surface area contributed by atoms with Gasteiger partial charge in [-0.05, 0) is 0 Å². The fourth-order valence-corrected chi connectivity index (χ4v) is 2.65. The van der Waals surface area contributed by atoms with E-state index in [0.29, 0.717) is 0 Å². The molecular weight excluding hydrogens is 239 g/mol. The Bertz CT molecular complexity index is 187. The summed E-state index contributed by atoms with van der Waals surface area (Å²) in [6.45, 7) is 0. The van der Waals surface area contributed by atoms with E-state index in [0.717, 1.165) is 0 Å². The van der Waals surface area contributed by atoms with Gasteiger partial charge in [-0.25, -0.2) is 0 Å². The quantitative estimate of drug-likeness (QED) is 0.755. The number of halogens is 2. The molecule has 0 bridgehead atoms. The van der Waals surface area contributed by atoms with Gasteiger partial charge in [0.1, 0.15) is 0 Å². The van der Waals surface area contributed by atoms with Gasteiger partial charge in [0.2, 0.25) is 0 Å². The molecule has 0 fully saturated rings. The zero-order chi connectivity index (χ0) is 10.5. The van der Waals surface area contributed by atoms with Crippen molar-refractivity contribution in [2.45, 2.75) is 12.8 Å². The van der Waals surface area contributed by atoms with E-state index in [2.05, 4.69) is 0 Å². The van der Waals surface area contributed by atoms with Gasteiger partial charge >= 0.3 is 11.9 Å². The molecule has 0 aromatic rings. The van der Waals surface area contributed by atoms with Gasteiger partial charge in [-0.3, -0.25) is 9.59 Å². The molecular formula is C6H10Cl2O4S. The summed E-state index contributed by atoms with van der Waals surface area (Å²) >= 11 is 0. The van der Waals surface area contributed by atoms with E-state index in [-0.39, 0.29) is 24.3 Å². The molecule has 0 heterocycles. The van der Waals surface area contributed by atoms with Crippen molar-refractivity contribution in [1.29, 1.82) is 0 Å². The van der Waals surface area contributed by atoms with E-state index < -0.39 is 20.4 Å². The molecule has 0 aromatic carbocycles. The molecule has 0 spiro atoms. The average molecular weight is 249 g/mol. The fraction of sp³-hybridized carbons (Fsp3) is 0.667. The van der Waals surface area contributed by atoms with Crippen LogP contribution in [0.3, 0.4) is 0 Å². The monoisotopic (exact) mass is 248 g/mol. The molecule has 0 aromatic heterocycles. The van der Waals surface area contributed by atoms with E-state index in [1.165, 1.54) is 0 Å². The SMILES string of the molecule is O=C(O)CCS(Cl)(Cl)CCC(=O)O. The van der Waals surface area contributed by atoms with E-state index >= 15 is 0 Å². The van der Waals surface area contributed by atoms with Crippen LogP contribution in [0.1, 0.15) is 12.8 Å². The maximum atomic E-state index is 10.2. The van der Waals surface area contributed by atoms with Crippen molar-refractivity contribution in [3.05, 3.63) is 0 Å². The van der Waals surface area contributed by atoms with Crippen molar-refractivity contribution in [3.63, 3.8) is 0 Å². The Labute approximate surface area is 86.1 Å². The predicted molar refractivity (Wildman–Crippen MR) is 53.5 cm³/mol. The van der Waals surface area contributed by atoms with Gasteiger partial charge in [-0.2, -0.15) is 0 Å². The molecule has 0 atom stereocenters. The number of hydrogen-bond acceptors (Lipinski definition) is 2. The van der Waals surface area contributed by atoms with Crippen LogP contribution in [0, 0.1) is 0 Å². The second kappa shape index (κ2) is 5.57. The molecule has 0 saturated carbocycles. The fourth-order valence-electron chi connectivity index (χ4n) is 0.575. The van der Waals surface area contributed by atoms with Crippen LogP contribution in [-0.2, 0) is 9.59 Å². The Kier molecular flexibility index (Phi) is 5.51. The van der Waals surface area contributed by atoms with Crippen molar-refractivity contribution in [1.82, 2.24) is 0 Å². The van der Waals surface area contributed by atoms with Crippen LogP contribution in [-0.4, -0.2) is 33.7 Å². The Morgan fingerprint density at radius 3 is 1.54 bits per heavy atom. The van der Waals surface area contributed by atoms with Crippen molar-refractivity contribution >= 4 is 41.8 Å². The molecule has 78 valence electrons. The zero-order valence-electron chi connectivity index (χ0n) is 6.70. The Balaban J connectivity index is 3.79. The number of carbonyl (C=O) groups is 2. The molecule has 0 aliphatic carbocycles. The van der Waals surface area contributed by atoms with Crippen LogP contribution in [0.25, 0.3) is 0 Å². The number of carboxylic acids is 2. The highest BCUT2D eigenvalue weighted by Gasteiger charge is 2.20. The van der Waals surface area contributed by atoms with Gasteiger partial charge < -0.3 is 10.2 Å². The highest BCUT2D eigenvalue weighted by atomic mass is 36.0. The first-order valence-corrected chi connectivity index (χ1v) is 7.07. The van der Waals surface area contributed by atoms with Gasteiger partial charge in [0.15, 0.2) is 0 Å². The lowest BCUT2D eigenvalue weighted by atomic mass is 10.5. The van der Waals surface area contributed by atoms with Gasteiger partial charge in [-0.15, -0.1) is 0 Å². The third-order valence-corrected chi connectivity index (χ3v) is 4.68. The van der Waals surface area contributed by atoms with Crippen molar-refractivity contribution in [2.24, 2.45) is 0 Å². The summed E-state index contributed by atoms with van der Waals surface area (Å²) in [5.41, 5.74) is 0. The first-order chi connectivity index (χ1) is 5.83. The summed E-state index contributed by atoms with van der Waals surface area (Å²) in [6, 6.07) is 0. The molecule has 0 aliphatic rings. The van der Waals surface area contributed by atoms with Gasteiger partial charge in [0, 0.05) is 11.5 Å². The number of rotatable bonds is 6. The van der Waals surface area contributed by atoms with Crippen LogP contribution in [0.4, 0.5) is 0 Å². The lowest BCUT2D eigenvalue weighted by Gasteiger charge is -2.22. The summed E-state index contributed by atoms with van der Waals surface area (Å²) in [7, 11) is 9.40.